The lowest BCUT2D eigenvalue weighted by Gasteiger charge is -2.31. The van der Waals surface area contributed by atoms with Gasteiger partial charge in [0.2, 0.25) is 5.75 Å². The highest BCUT2D eigenvalue weighted by Gasteiger charge is 2.42. The number of anilines is 1. The van der Waals surface area contributed by atoms with Crippen molar-refractivity contribution in [1.82, 2.24) is 4.98 Å². The topological polar surface area (TPSA) is 113 Å². The van der Waals surface area contributed by atoms with E-state index in [9.17, 15) is 14.9 Å². The van der Waals surface area contributed by atoms with Crippen molar-refractivity contribution < 1.29 is 23.9 Å². The lowest BCUT2D eigenvalue weighted by atomic mass is 9.94. The Kier molecular flexibility index (Phi) is 4.96. The normalized spacial score (nSPS) is 16.4. The number of nitro groups is 1. The fourth-order valence-corrected chi connectivity index (χ4v) is 3.58. The van der Waals surface area contributed by atoms with Crippen LogP contribution in [0.15, 0.2) is 30.3 Å². The van der Waals surface area contributed by atoms with Crippen molar-refractivity contribution in [3.05, 3.63) is 46.1 Å². The van der Waals surface area contributed by atoms with Crippen molar-refractivity contribution in [2.75, 3.05) is 11.9 Å². The molecule has 9 nitrogen and oxygen atoms in total. The fraction of sp³-hybridized carbons (Fsp3) is 0.400. The van der Waals surface area contributed by atoms with Gasteiger partial charge in [-0.3, -0.25) is 4.79 Å². The second kappa shape index (κ2) is 7.57. The van der Waals surface area contributed by atoms with E-state index in [2.05, 4.69) is 10.3 Å². The average molecular weight is 399 g/mol. The molecule has 1 aliphatic heterocycles. The van der Waals surface area contributed by atoms with E-state index >= 15 is 0 Å². The first-order valence-electron chi connectivity index (χ1n) is 9.51. The monoisotopic (exact) mass is 399 g/mol. The smallest absolute Gasteiger partial charge is 0.406 e. The quantitative estimate of drug-likeness (QED) is 0.602. The molecule has 0 bridgehead atoms. The minimum Gasteiger partial charge on any atom is -0.476 e. The summed E-state index contributed by atoms with van der Waals surface area (Å²) in [5, 5.41) is 13.8. The van der Waals surface area contributed by atoms with Crippen molar-refractivity contribution in [2.45, 2.75) is 44.8 Å². The summed E-state index contributed by atoms with van der Waals surface area (Å²) in [7, 11) is 0. The van der Waals surface area contributed by atoms with E-state index in [0.29, 0.717) is 22.9 Å². The maximum atomic E-state index is 12.2. The van der Waals surface area contributed by atoms with Crippen molar-refractivity contribution in [2.24, 2.45) is 0 Å². The van der Waals surface area contributed by atoms with Crippen molar-refractivity contribution in [3.8, 4) is 17.2 Å². The molecule has 0 unspecified atom stereocenters. The molecule has 0 saturated heterocycles. The van der Waals surface area contributed by atoms with E-state index in [4.69, 9.17) is 14.2 Å². The van der Waals surface area contributed by atoms with Crippen molar-refractivity contribution in [1.29, 1.82) is 0 Å². The Morgan fingerprint density at radius 1 is 1.21 bits per heavy atom. The highest BCUT2D eigenvalue weighted by molar-refractivity contribution is 5.92. The molecular weight excluding hydrogens is 378 g/mol. The predicted molar refractivity (Wildman–Crippen MR) is 103 cm³/mol. The van der Waals surface area contributed by atoms with Gasteiger partial charge in [0.1, 0.15) is 5.69 Å². The van der Waals surface area contributed by atoms with Gasteiger partial charge in [0.15, 0.2) is 18.1 Å². The van der Waals surface area contributed by atoms with Gasteiger partial charge in [-0.25, -0.2) is 0 Å². The highest BCUT2D eigenvalue weighted by Crippen LogP contribution is 2.46. The fourth-order valence-electron chi connectivity index (χ4n) is 3.58. The largest absolute Gasteiger partial charge is 0.476 e. The summed E-state index contributed by atoms with van der Waals surface area (Å²) in [5.41, 5.74) is 1.02. The zero-order valence-electron chi connectivity index (χ0n) is 16.0. The maximum absolute atomic E-state index is 12.2. The number of nitrogens with one attached hydrogen (secondary N) is 1. The standard InChI is InChI=1S/C20H21N3O6/c1-13-5-7-16(19(21-13)23(25)26)27-12-18(24)22-14-6-8-15-17(11-14)29-20(28-15)9-3-2-4-10-20/h5-8,11H,2-4,9-10,12H2,1H3,(H,22,24). The molecule has 2 heterocycles. The van der Waals surface area contributed by atoms with E-state index in [0.717, 1.165) is 25.7 Å². The number of nitrogens with zero attached hydrogens (tertiary/aromatic N) is 2. The van der Waals surface area contributed by atoms with Crippen LogP contribution in [-0.4, -0.2) is 28.2 Å². The molecule has 1 aromatic heterocycles. The number of aromatic nitrogens is 1. The first-order valence-corrected chi connectivity index (χ1v) is 9.51. The molecule has 0 atom stereocenters. The SMILES string of the molecule is Cc1ccc(OCC(=O)Nc2ccc3c(c2)OC2(CCCCC2)O3)c([N+](=O)[O-])n1. The van der Waals surface area contributed by atoms with Crippen molar-refractivity contribution in [3.63, 3.8) is 0 Å². The number of benzene rings is 1. The molecule has 2 aliphatic rings. The van der Waals surface area contributed by atoms with Gasteiger partial charge in [0.25, 0.3) is 11.7 Å². The third-order valence-electron chi connectivity index (χ3n) is 4.95. The molecule has 1 N–H and O–H groups in total. The van der Waals surface area contributed by atoms with Crippen molar-refractivity contribution >= 4 is 17.4 Å². The zero-order chi connectivity index (χ0) is 20.4. The third kappa shape index (κ3) is 4.08. The molecule has 1 spiro atoms. The van der Waals surface area contributed by atoms with E-state index in [1.807, 2.05) is 0 Å². The first kappa shape index (κ1) is 19.0. The number of carbonyl (C=O) groups is 1. The van der Waals surface area contributed by atoms with Crippen LogP contribution in [-0.2, 0) is 4.79 Å². The number of pyridine rings is 1. The second-order valence-electron chi connectivity index (χ2n) is 7.21. The predicted octanol–water partition coefficient (Wildman–Crippen LogP) is 3.75. The molecule has 4 rings (SSSR count). The van der Waals surface area contributed by atoms with Crippen LogP contribution >= 0.6 is 0 Å². The van der Waals surface area contributed by atoms with Gasteiger partial charge in [0, 0.05) is 31.5 Å². The number of aryl methyl sites for hydroxylation is 1. The summed E-state index contributed by atoms with van der Waals surface area (Å²) in [6.45, 7) is 1.25. The van der Waals surface area contributed by atoms with Crippen LogP contribution in [0, 0.1) is 17.0 Å². The molecule has 1 saturated carbocycles. The van der Waals surface area contributed by atoms with Crippen LogP contribution in [0.3, 0.4) is 0 Å². The zero-order valence-corrected chi connectivity index (χ0v) is 16.0. The Morgan fingerprint density at radius 3 is 2.72 bits per heavy atom. The Balaban J connectivity index is 1.38. The number of amides is 1. The summed E-state index contributed by atoms with van der Waals surface area (Å²) in [5.74, 6) is -0.235. The van der Waals surface area contributed by atoms with Gasteiger partial charge in [0.05, 0.1) is 0 Å². The van der Waals surface area contributed by atoms with Gasteiger partial charge in [-0.2, -0.15) is 0 Å². The van der Waals surface area contributed by atoms with E-state index < -0.39 is 22.4 Å². The van der Waals surface area contributed by atoms with Crippen LogP contribution < -0.4 is 19.5 Å². The number of fused-ring (bicyclic) bond motifs is 1. The van der Waals surface area contributed by atoms with Crippen LogP contribution in [0.4, 0.5) is 11.5 Å². The van der Waals surface area contributed by atoms with Gasteiger partial charge in [-0.1, -0.05) is 6.42 Å². The highest BCUT2D eigenvalue weighted by atomic mass is 16.7. The molecule has 9 heteroatoms. The molecule has 1 amide bonds. The third-order valence-corrected chi connectivity index (χ3v) is 4.95. The Morgan fingerprint density at radius 2 is 1.97 bits per heavy atom. The number of hydrogen-bond donors (Lipinski definition) is 1. The van der Waals surface area contributed by atoms with Gasteiger partial charge in [-0.05, 0) is 47.0 Å². The van der Waals surface area contributed by atoms with Crippen LogP contribution in [0.2, 0.25) is 0 Å². The number of rotatable bonds is 5. The number of hydrogen-bond acceptors (Lipinski definition) is 7. The summed E-state index contributed by atoms with van der Waals surface area (Å²) in [4.78, 5) is 26.5. The molecule has 29 heavy (non-hydrogen) atoms. The summed E-state index contributed by atoms with van der Waals surface area (Å²) < 4.78 is 17.4. The lowest BCUT2D eigenvalue weighted by Crippen LogP contribution is -2.40. The van der Waals surface area contributed by atoms with E-state index in [1.165, 1.54) is 12.5 Å². The molecule has 0 radical (unpaired) electrons. The molecule has 1 aliphatic carbocycles. The lowest BCUT2D eigenvalue weighted by molar-refractivity contribution is -0.390. The number of carbonyl (C=O) groups excluding carboxylic acids is 1. The van der Waals surface area contributed by atoms with Crippen LogP contribution in [0.25, 0.3) is 0 Å². The van der Waals surface area contributed by atoms with Gasteiger partial charge < -0.3 is 29.6 Å². The first-order chi connectivity index (χ1) is 13.9. The Labute approximate surface area is 167 Å². The van der Waals surface area contributed by atoms with Crippen LogP contribution in [0.1, 0.15) is 37.8 Å². The number of ether oxygens (including phenoxy) is 3. The molecule has 2 aromatic rings. The minimum absolute atomic E-state index is 0.0549. The summed E-state index contributed by atoms with van der Waals surface area (Å²) in [6.07, 6.45) is 5.01. The summed E-state index contributed by atoms with van der Waals surface area (Å²) >= 11 is 0. The minimum atomic E-state index is -0.640. The van der Waals surface area contributed by atoms with Gasteiger partial charge >= 0.3 is 5.82 Å². The molecule has 1 fully saturated rings. The maximum Gasteiger partial charge on any atom is 0.406 e. The molecule has 1 aromatic carbocycles. The molecular formula is C20H21N3O6. The van der Waals surface area contributed by atoms with Gasteiger partial charge in [-0.15, -0.1) is 0 Å². The Bertz CT molecular complexity index is 955. The van der Waals surface area contributed by atoms with Crippen LogP contribution in [0.5, 0.6) is 17.2 Å². The molecule has 152 valence electrons. The van der Waals surface area contributed by atoms with E-state index in [-0.39, 0.29) is 12.4 Å². The van der Waals surface area contributed by atoms with E-state index in [1.54, 1.807) is 31.2 Å². The second-order valence-corrected chi connectivity index (χ2v) is 7.21. The Hall–Kier alpha value is -3.36. The summed E-state index contributed by atoms with van der Waals surface area (Å²) in [6, 6.07) is 8.21. The average Bonchev–Trinajstić information content (AvgIpc) is 3.03.